The molecule has 0 radical (unpaired) electrons. The van der Waals surface area contributed by atoms with E-state index in [9.17, 15) is 9.18 Å². The van der Waals surface area contributed by atoms with Crippen LogP contribution in [0.4, 0.5) is 9.18 Å². The normalized spacial score (nSPS) is 21.3. The summed E-state index contributed by atoms with van der Waals surface area (Å²) in [6, 6.07) is -0.705. The number of primary amides is 1. The fraction of sp³-hybridized carbons (Fsp3) is 0.800. The first kappa shape index (κ1) is 7.27. The molecule has 1 saturated heterocycles. The lowest BCUT2D eigenvalue weighted by Crippen LogP contribution is -2.54. The van der Waals surface area contributed by atoms with Crippen LogP contribution in [0.1, 0.15) is 0 Å². The van der Waals surface area contributed by atoms with Gasteiger partial charge in [0.05, 0.1) is 19.8 Å². The summed E-state index contributed by atoms with van der Waals surface area (Å²) < 4.78 is 17.5. The van der Waals surface area contributed by atoms with E-state index < -0.39 is 11.7 Å². The van der Waals surface area contributed by atoms with Crippen molar-refractivity contribution in [2.75, 3.05) is 19.8 Å². The van der Waals surface area contributed by atoms with Gasteiger partial charge in [-0.2, -0.15) is 0 Å². The fourth-order valence-electron chi connectivity index (χ4n) is 0.671. The Morgan fingerprint density at radius 3 is 2.70 bits per heavy atom. The van der Waals surface area contributed by atoms with Gasteiger partial charge in [0, 0.05) is 0 Å². The number of hydrogen-bond acceptors (Lipinski definition) is 2. The van der Waals surface area contributed by atoms with Crippen molar-refractivity contribution in [2.45, 2.75) is 5.67 Å². The average molecular weight is 148 g/mol. The maximum atomic E-state index is 12.9. The number of hydrogen-bond donors (Lipinski definition) is 2. The molecule has 10 heavy (non-hydrogen) atoms. The van der Waals surface area contributed by atoms with Gasteiger partial charge in [0.15, 0.2) is 5.67 Å². The number of ether oxygens (including phenoxy) is 1. The minimum atomic E-state index is -1.38. The zero-order valence-corrected chi connectivity index (χ0v) is 5.39. The lowest BCUT2D eigenvalue weighted by Gasteiger charge is -2.33. The van der Waals surface area contributed by atoms with Crippen molar-refractivity contribution in [3.63, 3.8) is 0 Å². The minimum absolute atomic E-state index is 0.0489. The Hall–Kier alpha value is -0.840. The largest absolute Gasteiger partial charge is 0.374 e. The third-order valence-electron chi connectivity index (χ3n) is 1.30. The van der Waals surface area contributed by atoms with E-state index in [0.717, 1.165) is 0 Å². The van der Waals surface area contributed by atoms with Crippen LogP contribution in [0.25, 0.3) is 0 Å². The van der Waals surface area contributed by atoms with Crippen molar-refractivity contribution in [2.24, 2.45) is 5.73 Å². The number of rotatable bonds is 2. The molecule has 1 fully saturated rings. The highest BCUT2D eigenvalue weighted by Gasteiger charge is 2.38. The molecule has 5 heteroatoms. The van der Waals surface area contributed by atoms with Gasteiger partial charge in [-0.25, -0.2) is 9.18 Å². The maximum absolute atomic E-state index is 12.9. The van der Waals surface area contributed by atoms with Gasteiger partial charge in [0.2, 0.25) is 0 Å². The number of amides is 2. The molecule has 0 bridgehead atoms. The van der Waals surface area contributed by atoms with Crippen LogP contribution < -0.4 is 11.1 Å². The van der Waals surface area contributed by atoms with Crippen molar-refractivity contribution < 1.29 is 13.9 Å². The first-order chi connectivity index (χ1) is 4.62. The van der Waals surface area contributed by atoms with Crippen LogP contribution in [0.5, 0.6) is 0 Å². The molecule has 1 rings (SSSR count). The molecule has 4 nitrogen and oxygen atoms in total. The second kappa shape index (κ2) is 2.42. The van der Waals surface area contributed by atoms with Crippen molar-refractivity contribution in [3.05, 3.63) is 0 Å². The summed E-state index contributed by atoms with van der Waals surface area (Å²) in [5, 5.41) is 2.17. The Kier molecular flexibility index (Phi) is 1.76. The zero-order valence-electron chi connectivity index (χ0n) is 5.39. The zero-order chi connectivity index (χ0) is 7.61. The molecule has 0 saturated carbocycles. The predicted molar refractivity (Wildman–Crippen MR) is 32.2 cm³/mol. The number of nitrogens with two attached hydrogens (primary N) is 1. The van der Waals surface area contributed by atoms with Crippen molar-refractivity contribution >= 4 is 6.03 Å². The van der Waals surface area contributed by atoms with Crippen LogP contribution in [0.3, 0.4) is 0 Å². The van der Waals surface area contributed by atoms with Crippen LogP contribution in [-0.4, -0.2) is 31.5 Å². The maximum Gasteiger partial charge on any atom is 0.312 e. The number of alkyl halides is 1. The Morgan fingerprint density at radius 1 is 1.80 bits per heavy atom. The van der Waals surface area contributed by atoms with Crippen LogP contribution in [0, 0.1) is 0 Å². The second-order valence-corrected chi connectivity index (χ2v) is 2.36. The Balaban J connectivity index is 2.18. The standard InChI is InChI=1S/C5H9FN2O2/c6-5(2-10-3-5)1-8-4(7)9/h1-3H2,(H3,7,8,9). The quantitative estimate of drug-likeness (QED) is 0.548. The van der Waals surface area contributed by atoms with E-state index >= 15 is 0 Å². The molecular weight excluding hydrogens is 139 g/mol. The van der Waals surface area contributed by atoms with Crippen LogP contribution in [0.15, 0.2) is 0 Å². The second-order valence-electron chi connectivity index (χ2n) is 2.36. The molecule has 2 amide bonds. The number of halogens is 1. The molecule has 0 aromatic rings. The molecular formula is C5H9FN2O2. The molecule has 3 N–H and O–H groups in total. The van der Waals surface area contributed by atoms with Gasteiger partial charge < -0.3 is 15.8 Å². The molecule has 58 valence electrons. The van der Waals surface area contributed by atoms with Crippen molar-refractivity contribution in [1.82, 2.24) is 5.32 Å². The number of nitrogens with one attached hydrogen (secondary N) is 1. The van der Waals surface area contributed by atoms with Gasteiger partial charge in [-0.15, -0.1) is 0 Å². The van der Waals surface area contributed by atoms with E-state index in [0.29, 0.717) is 0 Å². The molecule has 0 unspecified atom stereocenters. The van der Waals surface area contributed by atoms with Crippen LogP contribution in [0.2, 0.25) is 0 Å². The van der Waals surface area contributed by atoms with Gasteiger partial charge in [0.25, 0.3) is 0 Å². The summed E-state index contributed by atoms with van der Waals surface area (Å²) in [5.74, 6) is 0. The monoisotopic (exact) mass is 148 g/mol. The van der Waals surface area contributed by atoms with Gasteiger partial charge >= 0.3 is 6.03 Å². The third kappa shape index (κ3) is 1.57. The Labute approximate surface area is 57.5 Å². The number of urea groups is 1. The highest BCUT2D eigenvalue weighted by Crippen LogP contribution is 2.19. The van der Waals surface area contributed by atoms with E-state index in [-0.39, 0.29) is 19.8 Å². The molecule has 1 aliphatic rings. The van der Waals surface area contributed by atoms with E-state index in [1.165, 1.54) is 0 Å². The van der Waals surface area contributed by atoms with E-state index in [1.54, 1.807) is 0 Å². The minimum Gasteiger partial charge on any atom is -0.374 e. The van der Waals surface area contributed by atoms with Gasteiger partial charge in [-0.05, 0) is 0 Å². The van der Waals surface area contributed by atoms with Gasteiger partial charge in [0.1, 0.15) is 0 Å². The van der Waals surface area contributed by atoms with Crippen molar-refractivity contribution in [3.8, 4) is 0 Å². The van der Waals surface area contributed by atoms with E-state index in [1.807, 2.05) is 0 Å². The summed E-state index contributed by atoms with van der Waals surface area (Å²) in [4.78, 5) is 10.1. The van der Waals surface area contributed by atoms with Crippen molar-refractivity contribution in [1.29, 1.82) is 0 Å². The summed E-state index contributed by atoms with van der Waals surface area (Å²) in [6.07, 6.45) is 0. The molecule has 1 heterocycles. The van der Waals surface area contributed by atoms with E-state index in [4.69, 9.17) is 5.73 Å². The van der Waals surface area contributed by atoms with Crippen LogP contribution in [-0.2, 0) is 4.74 Å². The summed E-state index contributed by atoms with van der Waals surface area (Å²) in [5.41, 5.74) is 3.34. The lowest BCUT2D eigenvalue weighted by atomic mass is 10.1. The molecule has 0 spiro atoms. The van der Waals surface area contributed by atoms with E-state index in [2.05, 4.69) is 10.1 Å². The van der Waals surface area contributed by atoms with Gasteiger partial charge in [-0.3, -0.25) is 0 Å². The van der Waals surface area contributed by atoms with Crippen LogP contribution >= 0.6 is 0 Å². The molecule has 0 atom stereocenters. The number of carbonyl (C=O) groups is 1. The topological polar surface area (TPSA) is 64.4 Å². The smallest absolute Gasteiger partial charge is 0.312 e. The highest BCUT2D eigenvalue weighted by molar-refractivity contribution is 5.71. The molecule has 0 aromatic carbocycles. The first-order valence-corrected chi connectivity index (χ1v) is 2.92. The SMILES string of the molecule is NC(=O)NCC1(F)COC1. The van der Waals surface area contributed by atoms with Gasteiger partial charge in [-0.1, -0.05) is 0 Å². The predicted octanol–water partition coefficient (Wildman–Crippen LogP) is -0.607. The summed E-state index contributed by atoms with van der Waals surface area (Å²) >= 11 is 0. The lowest BCUT2D eigenvalue weighted by molar-refractivity contribution is -0.125. The first-order valence-electron chi connectivity index (χ1n) is 2.92. The highest BCUT2D eigenvalue weighted by atomic mass is 19.1. The third-order valence-corrected chi connectivity index (χ3v) is 1.30. The summed E-state index contributed by atoms with van der Waals surface area (Å²) in [7, 11) is 0. The average Bonchev–Trinajstić information content (AvgIpc) is 1.79. The molecule has 0 aromatic heterocycles. The Morgan fingerprint density at radius 2 is 2.40 bits per heavy atom. The summed E-state index contributed by atoms with van der Waals surface area (Å²) in [6.45, 7) is 0.0445. The number of carbonyl (C=O) groups excluding carboxylic acids is 1. The molecule has 1 aliphatic heterocycles. The Bertz CT molecular complexity index is 147. The molecule has 0 aliphatic carbocycles. The fourth-order valence-corrected chi connectivity index (χ4v) is 0.671.